The summed E-state index contributed by atoms with van der Waals surface area (Å²) >= 11 is 0. The van der Waals surface area contributed by atoms with E-state index in [0.717, 1.165) is 12.3 Å². The number of hydrogen-bond donors (Lipinski definition) is 1. The molecule has 0 saturated carbocycles. The Kier molecular flexibility index (Phi) is 3.71. The second kappa shape index (κ2) is 5.25. The zero-order valence-electron chi connectivity index (χ0n) is 8.86. The lowest BCUT2D eigenvalue weighted by Crippen LogP contribution is -2.21. The van der Waals surface area contributed by atoms with E-state index < -0.39 is 0 Å². The third kappa shape index (κ3) is 2.77. The van der Waals surface area contributed by atoms with Crippen LogP contribution in [0.1, 0.15) is 24.7 Å². The van der Waals surface area contributed by atoms with Gasteiger partial charge >= 0.3 is 0 Å². The monoisotopic (exact) mass is 212 g/mol. The van der Waals surface area contributed by atoms with E-state index in [2.05, 4.69) is 10.3 Å². The summed E-state index contributed by atoms with van der Waals surface area (Å²) in [4.78, 5) is 4.16. The average Bonchev–Trinajstić information content (AvgIpc) is 2.76. The van der Waals surface area contributed by atoms with Crippen LogP contribution in [0.3, 0.4) is 0 Å². The van der Waals surface area contributed by atoms with Gasteiger partial charge in [-0.05, 0) is 6.54 Å². The largest absolute Gasteiger partial charge is 0.441 e. The Morgan fingerprint density at radius 1 is 1.53 bits per heavy atom. The second-order valence-electron chi connectivity index (χ2n) is 3.37. The van der Waals surface area contributed by atoms with E-state index in [0.29, 0.717) is 32.3 Å². The van der Waals surface area contributed by atoms with Gasteiger partial charge in [0.25, 0.3) is 0 Å². The van der Waals surface area contributed by atoms with Crippen molar-refractivity contribution in [3.8, 4) is 0 Å². The van der Waals surface area contributed by atoms with E-state index in [9.17, 15) is 0 Å². The molecular formula is C10H16N2O3. The maximum Gasteiger partial charge on any atom is 0.208 e. The summed E-state index contributed by atoms with van der Waals surface area (Å²) in [5.74, 6) is 1.45. The molecule has 1 aliphatic heterocycles. The molecule has 1 N–H and O–H groups in total. The molecule has 0 bridgehead atoms. The summed E-state index contributed by atoms with van der Waals surface area (Å²) in [5, 5.41) is 3.15. The van der Waals surface area contributed by atoms with E-state index in [1.807, 2.05) is 6.92 Å². The maximum atomic E-state index is 5.55. The lowest BCUT2D eigenvalue weighted by Gasteiger charge is -2.20. The van der Waals surface area contributed by atoms with Crippen molar-refractivity contribution in [2.75, 3.05) is 26.4 Å². The van der Waals surface area contributed by atoms with Crippen LogP contribution in [-0.2, 0) is 16.0 Å². The van der Waals surface area contributed by atoms with Crippen LogP contribution in [0.15, 0.2) is 10.6 Å². The van der Waals surface area contributed by atoms with Gasteiger partial charge < -0.3 is 19.2 Å². The van der Waals surface area contributed by atoms with Crippen LogP contribution >= 0.6 is 0 Å². The van der Waals surface area contributed by atoms with Crippen LogP contribution in [0.2, 0.25) is 0 Å². The van der Waals surface area contributed by atoms with Gasteiger partial charge in [-0.3, -0.25) is 0 Å². The first-order valence-corrected chi connectivity index (χ1v) is 5.25. The molecule has 84 valence electrons. The number of nitrogens with zero attached hydrogens (tertiary/aromatic N) is 1. The average molecular weight is 212 g/mol. The van der Waals surface area contributed by atoms with Crippen LogP contribution in [0, 0.1) is 0 Å². The second-order valence-corrected chi connectivity index (χ2v) is 3.37. The van der Waals surface area contributed by atoms with Crippen LogP contribution in [-0.4, -0.2) is 31.3 Å². The van der Waals surface area contributed by atoms with Crippen LogP contribution in [0.25, 0.3) is 0 Å². The number of rotatable bonds is 4. The first kappa shape index (κ1) is 10.6. The molecule has 1 unspecified atom stereocenters. The van der Waals surface area contributed by atoms with Crippen molar-refractivity contribution >= 4 is 0 Å². The van der Waals surface area contributed by atoms with Gasteiger partial charge in [-0.15, -0.1) is 0 Å². The minimum atomic E-state index is -0.0957. The highest BCUT2D eigenvalue weighted by Crippen LogP contribution is 2.21. The first-order valence-electron chi connectivity index (χ1n) is 5.25. The molecule has 2 rings (SSSR count). The topological polar surface area (TPSA) is 56.5 Å². The van der Waals surface area contributed by atoms with Crippen molar-refractivity contribution in [2.45, 2.75) is 19.6 Å². The van der Waals surface area contributed by atoms with Crippen molar-refractivity contribution in [3.05, 3.63) is 17.8 Å². The van der Waals surface area contributed by atoms with Crippen molar-refractivity contribution in [1.29, 1.82) is 0 Å². The molecule has 0 aromatic carbocycles. The SMILES string of the molecule is CCNCc1ncc(C2COCCO2)o1. The zero-order valence-corrected chi connectivity index (χ0v) is 8.86. The number of hydrogen-bond acceptors (Lipinski definition) is 5. The Hall–Kier alpha value is -0.910. The predicted molar refractivity (Wildman–Crippen MR) is 53.4 cm³/mol. The van der Waals surface area contributed by atoms with Crippen molar-refractivity contribution < 1.29 is 13.9 Å². The van der Waals surface area contributed by atoms with Gasteiger partial charge in [0, 0.05) is 0 Å². The van der Waals surface area contributed by atoms with E-state index in [1.165, 1.54) is 0 Å². The number of nitrogens with one attached hydrogen (secondary N) is 1. The van der Waals surface area contributed by atoms with Gasteiger partial charge in [-0.2, -0.15) is 0 Å². The standard InChI is InChI=1S/C10H16N2O3/c1-2-11-6-10-12-5-8(15-10)9-7-13-3-4-14-9/h5,9,11H,2-4,6-7H2,1H3. The van der Waals surface area contributed by atoms with Gasteiger partial charge in [-0.1, -0.05) is 6.92 Å². The summed E-state index contributed by atoms with van der Waals surface area (Å²) in [7, 11) is 0. The predicted octanol–water partition coefficient (Wildman–Crippen LogP) is 0.872. The molecule has 1 saturated heterocycles. The van der Waals surface area contributed by atoms with E-state index >= 15 is 0 Å². The highest BCUT2D eigenvalue weighted by Gasteiger charge is 2.20. The fourth-order valence-corrected chi connectivity index (χ4v) is 1.44. The van der Waals surface area contributed by atoms with Crippen molar-refractivity contribution in [1.82, 2.24) is 10.3 Å². The molecule has 0 aliphatic carbocycles. The molecule has 1 aliphatic rings. The highest BCUT2D eigenvalue weighted by atomic mass is 16.6. The first-order chi connectivity index (χ1) is 7.40. The quantitative estimate of drug-likeness (QED) is 0.802. The Morgan fingerprint density at radius 3 is 3.20 bits per heavy atom. The number of oxazole rings is 1. The maximum absolute atomic E-state index is 5.55. The molecule has 2 heterocycles. The van der Waals surface area contributed by atoms with Gasteiger partial charge in [0.2, 0.25) is 5.89 Å². The van der Waals surface area contributed by atoms with Crippen molar-refractivity contribution in [2.24, 2.45) is 0 Å². The summed E-state index contributed by atoms with van der Waals surface area (Å²) in [6.45, 7) is 5.44. The Bertz CT molecular complexity index is 295. The minimum absolute atomic E-state index is 0.0957. The fourth-order valence-electron chi connectivity index (χ4n) is 1.44. The summed E-state index contributed by atoms with van der Waals surface area (Å²) in [6, 6.07) is 0. The number of ether oxygens (including phenoxy) is 2. The summed E-state index contributed by atoms with van der Waals surface area (Å²) in [6.07, 6.45) is 1.62. The lowest BCUT2D eigenvalue weighted by atomic mass is 10.3. The summed E-state index contributed by atoms with van der Waals surface area (Å²) < 4.78 is 16.3. The van der Waals surface area contributed by atoms with Crippen molar-refractivity contribution in [3.63, 3.8) is 0 Å². The Balaban J connectivity index is 1.93. The number of aromatic nitrogens is 1. The molecule has 0 spiro atoms. The fraction of sp³-hybridized carbons (Fsp3) is 0.700. The van der Waals surface area contributed by atoms with Crippen LogP contribution < -0.4 is 5.32 Å². The van der Waals surface area contributed by atoms with Gasteiger partial charge in [0.1, 0.15) is 6.10 Å². The van der Waals surface area contributed by atoms with E-state index in [-0.39, 0.29) is 6.10 Å². The zero-order chi connectivity index (χ0) is 10.5. The molecular weight excluding hydrogens is 196 g/mol. The van der Waals surface area contributed by atoms with E-state index in [4.69, 9.17) is 13.9 Å². The highest BCUT2D eigenvalue weighted by molar-refractivity contribution is 4.99. The molecule has 5 nitrogen and oxygen atoms in total. The van der Waals surface area contributed by atoms with Gasteiger partial charge in [0.15, 0.2) is 5.76 Å². The molecule has 15 heavy (non-hydrogen) atoms. The molecule has 0 amide bonds. The van der Waals surface area contributed by atoms with Gasteiger partial charge in [-0.25, -0.2) is 4.98 Å². The van der Waals surface area contributed by atoms with Gasteiger partial charge in [0.05, 0.1) is 32.6 Å². The molecule has 5 heteroatoms. The third-order valence-electron chi connectivity index (χ3n) is 2.23. The molecule has 0 radical (unpaired) electrons. The molecule has 1 fully saturated rings. The third-order valence-corrected chi connectivity index (χ3v) is 2.23. The lowest BCUT2D eigenvalue weighted by molar-refractivity contribution is -0.0978. The normalized spacial score (nSPS) is 21.8. The molecule has 1 aromatic rings. The Morgan fingerprint density at radius 2 is 2.47 bits per heavy atom. The summed E-state index contributed by atoms with van der Waals surface area (Å²) in [5.41, 5.74) is 0. The Labute approximate surface area is 88.8 Å². The minimum Gasteiger partial charge on any atom is -0.441 e. The van der Waals surface area contributed by atoms with Crippen LogP contribution in [0.5, 0.6) is 0 Å². The molecule has 1 atom stereocenters. The molecule has 1 aromatic heterocycles. The van der Waals surface area contributed by atoms with Crippen LogP contribution in [0.4, 0.5) is 0 Å². The van der Waals surface area contributed by atoms with E-state index in [1.54, 1.807) is 6.20 Å². The smallest absolute Gasteiger partial charge is 0.208 e.